The van der Waals surface area contributed by atoms with Crippen LogP contribution in [-0.4, -0.2) is 42.3 Å². The van der Waals surface area contributed by atoms with Gasteiger partial charge in [0.15, 0.2) is 0 Å². The number of rotatable bonds is 8. The summed E-state index contributed by atoms with van der Waals surface area (Å²) in [5.41, 5.74) is -0.450. The van der Waals surface area contributed by atoms with E-state index in [1.54, 1.807) is 11.8 Å². The van der Waals surface area contributed by atoms with Crippen molar-refractivity contribution in [1.82, 2.24) is 5.32 Å². The van der Waals surface area contributed by atoms with Crippen molar-refractivity contribution in [3.05, 3.63) is 0 Å². The summed E-state index contributed by atoms with van der Waals surface area (Å²) >= 11 is 1.64. The molecule has 0 aliphatic heterocycles. The zero-order chi connectivity index (χ0) is 18.4. The lowest BCUT2D eigenvalue weighted by Crippen LogP contribution is -2.46. The number of methoxy groups -OCH3 is 1. The van der Waals surface area contributed by atoms with Gasteiger partial charge in [0.25, 0.3) is 0 Å². The summed E-state index contributed by atoms with van der Waals surface area (Å²) in [7, 11) is 1.43. The molecule has 5 nitrogen and oxygen atoms in total. The standard InChI is InChI=1S/C19H33NO4S/c1-19(2,3)24-18(22)20-17-14-9-8-13(11-14)15(17)7-5-6-10-25-12-16(21)23-4/h13-15,17H,5-12H2,1-4H3,(H,20,22). The van der Waals surface area contributed by atoms with E-state index in [1.165, 1.54) is 26.4 Å². The quantitative estimate of drug-likeness (QED) is 0.516. The van der Waals surface area contributed by atoms with Gasteiger partial charge in [-0.25, -0.2) is 4.79 Å². The van der Waals surface area contributed by atoms with E-state index in [0.29, 0.717) is 17.6 Å². The second-order valence-electron chi connectivity index (χ2n) is 8.29. The van der Waals surface area contributed by atoms with E-state index in [0.717, 1.165) is 30.9 Å². The molecule has 6 heteroatoms. The first-order valence-corrected chi connectivity index (χ1v) is 10.6. The van der Waals surface area contributed by atoms with Crippen molar-refractivity contribution in [3.63, 3.8) is 0 Å². The maximum Gasteiger partial charge on any atom is 0.407 e. The molecular formula is C19H33NO4S. The molecule has 144 valence electrons. The van der Waals surface area contributed by atoms with E-state index >= 15 is 0 Å². The molecule has 0 aromatic heterocycles. The minimum absolute atomic E-state index is 0.153. The van der Waals surface area contributed by atoms with Gasteiger partial charge in [-0.05, 0) is 76.4 Å². The number of hydrogen-bond donors (Lipinski definition) is 1. The monoisotopic (exact) mass is 371 g/mol. The van der Waals surface area contributed by atoms with Crippen LogP contribution in [-0.2, 0) is 14.3 Å². The van der Waals surface area contributed by atoms with Gasteiger partial charge in [-0.2, -0.15) is 11.8 Å². The average Bonchev–Trinajstić information content (AvgIpc) is 3.10. The zero-order valence-electron chi connectivity index (χ0n) is 16.0. The van der Waals surface area contributed by atoms with Crippen LogP contribution in [0.5, 0.6) is 0 Å². The molecule has 0 aromatic rings. The van der Waals surface area contributed by atoms with Gasteiger partial charge in [0, 0.05) is 6.04 Å². The van der Waals surface area contributed by atoms with Gasteiger partial charge >= 0.3 is 12.1 Å². The molecule has 2 bridgehead atoms. The Morgan fingerprint density at radius 1 is 1.16 bits per heavy atom. The van der Waals surface area contributed by atoms with Gasteiger partial charge < -0.3 is 14.8 Å². The molecular weight excluding hydrogens is 338 g/mol. The van der Waals surface area contributed by atoms with E-state index in [9.17, 15) is 9.59 Å². The van der Waals surface area contributed by atoms with E-state index in [-0.39, 0.29) is 18.1 Å². The number of thioether (sulfide) groups is 1. The summed E-state index contributed by atoms with van der Waals surface area (Å²) in [5, 5.41) is 3.16. The van der Waals surface area contributed by atoms with Crippen LogP contribution in [0.1, 0.15) is 59.3 Å². The molecule has 0 spiro atoms. The molecule has 4 atom stereocenters. The highest BCUT2D eigenvalue weighted by Crippen LogP contribution is 2.50. The largest absolute Gasteiger partial charge is 0.468 e. The predicted octanol–water partition coefficient (Wildman–Crippen LogP) is 4.00. The number of nitrogens with one attached hydrogen (secondary N) is 1. The maximum absolute atomic E-state index is 12.2. The Balaban J connectivity index is 1.72. The molecule has 1 amide bonds. The van der Waals surface area contributed by atoms with Crippen LogP contribution in [0, 0.1) is 17.8 Å². The first kappa shape index (κ1) is 20.4. The number of carbonyl (C=O) groups is 2. The first-order valence-electron chi connectivity index (χ1n) is 9.44. The van der Waals surface area contributed by atoms with Crippen molar-refractivity contribution >= 4 is 23.8 Å². The molecule has 0 aromatic carbocycles. The van der Waals surface area contributed by atoms with Crippen LogP contribution in [0.4, 0.5) is 4.79 Å². The molecule has 25 heavy (non-hydrogen) atoms. The van der Waals surface area contributed by atoms with E-state index in [1.807, 2.05) is 20.8 Å². The van der Waals surface area contributed by atoms with Crippen LogP contribution < -0.4 is 5.32 Å². The summed E-state index contributed by atoms with van der Waals surface area (Å²) in [5.74, 6) is 3.23. The zero-order valence-corrected chi connectivity index (χ0v) is 16.8. The lowest BCUT2D eigenvalue weighted by atomic mass is 9.81. The second-order valence-corrected chi connectivity index (χ2v) is 9.40. The Morgan fingerprint density at radius 2 is 1.88 bits per heavy atom. The lowest BCUT2D eigenvalue weighted by Gasteiger charge is -2.32. The molecule has 2 fully saturated rings. The second kappa shape index (κ2) is 9.15. The Hall–Kier alpha value is -0.910. The Kier molecular flexibility index (Phi) is 7.47. The van der Waals surface area contributed by atoms with Gasteiger partial charge in [-0.1, -0.05) is 6.42 Å². The molecule has 1 N–H and O–H groups in total. The van der Waals surface area contributed by atoms with Crippen LogP contribution in [0.25, 0.3) is 0 Å². The SMILES string of the molecule is COC(=O)CSCCCCC1C2CCC(C2)C1NC(=O)OC(C)(C)C. The first-order chi connectivity index (χ1) is 11.8. The predicted molar refractivity (Wildman–Crippen MR) is 101 cm³/mol. The third kappa shape index (κ3) is 6.39. The molecule has 2 saturated carbocycles. The maximum atomic E-state index is 12.2. The fraction of sp³-hybridized carbons (Fsp3) is 0.895. The number of amides is 1. The highest BCUT2D eigenvalue weighted by Gasteiger charge is 2.47. The van der Waals surface area contributed by atoms with Crippen molar-refractivity contribution in [2.24, 2.45) is 17.8 Å². The highest BCUT2D eigenvalue weighted by molar-refractivity contribution is 7.99. The van der Waals surface area contributed by atoms with Crippen LogP contribution >= 0.6 is 11.8 Å². The number of ether oxygens (including phenoxy) is 2. The third-order valence-electron chi connectivity index (χ3n) is 5.30. The van der Waals surface area contributed by atoms with Gasteiger partial charge in [0.1, 0.15) is 5.60 Å². The van der Waals surface area contributed by atoms with E-state index in [4.69, 9.17) is 4.74 Å². The number of unbranched alkanes of at least 4 members (excludes halogenated alkanes) is 1. The van der Waals surface area contributed by atoms with Crippen molar-refractivity contribution in [1.29, 1.82) is 0 Å². The number of fused-ring (bicyclic) bond motifs is 2. The molecule has 4 unspecified atom stereocenters. The fourth-order valence-electron chi connectivity index (χ4n) is 4.29. The minimum atomic E-state index is -0.450. The number of alkyl carbamates (subject to hydrolysis) is 1. The molecule has 0 saturated heterocycles. The molecule has 0 radical (unpaired) electrons. The van der Waals surface area contributed by atoms with Crippen LogP contribution in [0.15, 0.2) is 0 Å². The van der Waals surface area contributed by atoms with E-state index < -0.39 is 5.60 Å². The molecule has 2 rings (SSSR count). The van der Waals surface area contributed by atoms with Crippen LogP contribution in [0.2, 0.25) is 0 Å². The Labute approximate surface area is 156 Å². The summed E-state index contributed by atoms with van der Waals surface area (Å²) < 4.78 is 10.1. The lowest BCUT2D eigenvalue weighted by molar-refractivity contribution is -0.137. The molecule has 2 aliphatic carbocycles. The smallest absolute Gasteiger partial charge is 0.407 e. The summed E-state index contributed by atoms with van der Waals surface area (Å²) in [4.78, 5) is 23.3. The van der Waals surface area contributed by atoms with Gasteiger partial charge in [0.05, 0.1) is 12.9 Å². The molecule has 2 aliphatic rings. The Bertz CT molecular complexity index is 463. The normalized spacial score (nSPS) is 28.0. The van der Waals surface area contributed by atoms with Crippen LogP contribution in [0.3, 0.4) is 0 Å². The average molecular weight is 372 g/mol. The summed E-state index contributed by atoms with van der Waals surface area (Å²) in [6.07, 6.45) is 6.92. The van der Waals surface area contributed by atoms with E-state index in [2.05, 4.69) is 10.1 Å². The van der Waals surface area contributed by atoms with Crippen molar-refractivity contribution in [2.45, 2.75) is 70.9 Å². The Morgan fingerprint density at radius 3 is 2.56 bits per heavy atom. The van der Waals surface area contributed by atoms with Gasteiger partial charge in [-0.3, -0.25) is 4.79 Å². The number of carbonyl (C=O) groups excluding carboxylic acids is 2. The fourth-order valence-corrected chi connectivity index (χ4v) is 5.13. The van der Waals surface area contributed by atoms with Crippen molar-refractivity contribution in [2.75, 3.05) is 18.6 Å². The van der Waals surface area contributed by atoms with Gasteiger partial charge in [0.2, 0.25) is 0 Å². The number of esters is 1. The van der Waals surface area contributed by atoms with Gasteiger partial charge in [-0.15, -0.1) is 0 Å². The number of hydrogen-bond acceptors (Lipinski definition) is 5. The highest BCUT2D eigenvalue weighted by atomic mass is 32.2. The van der Waals surface area contributed by atoms with Crippen molar-refractivity contribution < 1.29 is 19.1 Å². The summed E-state index contributed by atoms with van der Waals surface area (Å²) in [6, 6.07) is 0.274. The summed E-state index contributed by atoms with van der Waals surface area (Å²) in [6.45, 7) is 5.70. The van der Waals surface area contributed by atoms with Crippen molar-refractivity contribution in [3.8, 4) is 0 Å². The topological polar surface area (TPSA) is 64.6 Å². The minimum Gasteiger partial charge on any atom is -0.468 e. The molecule has 0 heterocycles. The third-order valence-corrected chi connectivity index (χ3v) is 6.31.